The molecule has 1 heterocycles. The fraction of sp³-hybridized carbons (Fsp3) is 0.769. The van der Waals surface area contributed by atoms with Crippen molar-refractivity contribution in [1.29, 1.82) is 0 Å². The number of halogens is 7. The van der Waals surface area contributed by atoms with E-state index in [-0.39, 0.29) is 6.42 Å². The first kappa shape index (κ1) is 17.5. The summed E-state index contributed by atoms with van der Waals surface area (Å²) in [6.45, 7) is 0. The first-order chi connectivity index (χ1) is 10.8. The third-order valence-electron chi connectivity index (χ3n) is 4.54. The lowest BCUT2D eigenvalue weighted by molar-refractivity contribution is -0.149. The fourth-order valence-electron chi connectivity index (χ4n) is 3.28. The number of aliphatic hydroxyl groups is 2. The molecule has 2 aliphatic rings. The zero-order valence-electron chi connectivity index (χ0n) is 12.0. The third kappa shape index (κ3) is 2.57. The van der Waals surface area contributed by atoms with Crippen LogP contribution in [-0.4, -0.2) is 37.9 Å². The standard InChI is InChI=1S/C13H13F7N2O2/c14-11(15)2-1-5(3-7(11)23)22-6-4-12(16,17)10(24)8(6)9(21-22)13(18,19)20/h5,7,10,23-24H,1-4H2/t5-,7+,10-/m0/s1. The predicted octanol–water partition coefficient (Wildman–Crippen LogP) is 2.85. The van der Waals surface area contributed by atoms with Crippen LogP contribution in [0.2, 0.25) is 0 Å². The molecule has 2 N–H and O–H groups in total. The molecule has 0 bridgehead atoms. The van der Waals surface area contributed by atoms with Gasteiger partial charge in [-0.15, -0.1) is 0 Å². The van der Waals surface area contributed by atoms with Crippen molar-refractivity contribution in [3.8, 4) is 0 Å². The highest BCUT2D eigenvalue weighted by atomic mass is 19.4. The van der Waals surface area contributed by atoms with Crippen LogP contribution in [0.5, 0.6) is 0 Å². The topological polar surface area (TPSA) is 58.3 Å². The van der Waals surface area contributed by atoms with E-state index in [0.717, 1.165) is 0 Å². The zero-order valence-corrected chi connectivity index (χ0v) is 12.0. The van der Waals surface area contributed by atoms with Crippen molar-refractivity contribution >= 4 is 0 Å². The fourth-order valence-corrected chi connectivity index (χ4v) is 3.28. The molecule has 0 unspecified atom stereocenters. The quantitative estimate of drug-likeness (QED) is 0.756. The molecule has 1 saturated carbocycles. The molecule has 0 saturated heterocycles. The number of nitrogens with zero attached hydrogens (tertiary/aromatic N) is 2. The Hall–Kier alpha value is -1.36. The largest absolute Gasteiger partial charge is 0.435 e. The van der Waals surface area contributed by atoms with E-state index in [2.05, 4.69) is 5.10 Å². The summed E-state index contributed by atoms with van der Waals surface area (Å²) >= 11 is 0. The van der Waals surface area contributed by atoms with E-state index in [1.54, 1.807) is 0 Å². The van der Waals surface area contributed by atoms with Crippen molar-refractivity contribution < 1.29 is 40.9 Å². The molecule has 0 amide bonds. The minimum Gasteiger partial charge on any atom is -0.387 e. The van der Waals surface area contributed by atoms with Gasteiger partial charge in [0.25, 0.3) is 11.8 Å². The summed E-state index contributed by atoms with van der Waals surface area (Å²) in [5.74, 6) is -7.18. The lowest BCUT2D eigenvalue weighted by Crippen LogP contribution is -2.41. The molecule has 0 aromatic carbocycles. The predicted molar refractivity (Wildman–Crippen MR) is 64.7 cm³/mol. The van der Waals surface area contributed by atoms with E-state index < -0.39 is 72.5 Å². The number of aliphatic hydroxyl groups excluding tert-OH is 2. The average Bonchev–Trinajstić information content (AvgIpc) is 2.89. The Kier molecular flexibility index (Phi) is 3.69. The molecule has 1 fully saturated rings. The van der Waals surface area contributed by atoms with Gasteiger partial charge in [-0.25, -0.2) is 17.6 Å². The summed E-state index contributed by atoms with van der Waals surface area (Å²) in [7, 11) is 0. The normalized spacial score (nSPS) is 32.0. The molecule has 4 nitrogen and oxygen atoms in total. The molecule has 24 heavy (non-hydrogen) atoms. The van der Waals surface area contributed by atoms with Gasteiger partial charge in [-0.1, -0.05) is 0 Å². The molecule has 136 valence electrons. The van der Waals surface area contributed by atoms with Gasteiger partial charge in [0, 0.05) is 18.4 Å². The highest BCUT2D eigenvalue weighted by Crippen LogP contribution is 2.50. The molecule has 3 atom stereocenters. The first-order valence-corrected chi connectivity index (χ1v) is 7.15. The van der Waals surface area contributed by atoms with Crippen LogP contribution in [0.3, 0.4) is 0 Å². The van der Waals surface area contributed by atoms with E-state index in [4.69, 9.17) is 0 Å². The Bertz CT molecular complexity index is 655. The van der Waals surface area contributed by atoms with Gasteiger partial charge in [0.1, 0.15) is 12.2 Å². The van der Waals surface area contributed by atoms with Gasteiger partial charge in [-0.3, -0.25) is 4.68 Å². The highest BCUT2D eigenvalue weighted by molar-refractivity contribution is 5.38. The molecule has 0 aliphatic heterocycles. The van der Waals surface area contributed by atoms with Gasteiger partial charge in [-0.2, -0.15) is 18.3 Å². The Balaban J connectivity index is 2.04. The number of fused-ring (bicyclic) bond motifs is 1. The van der Waals surface area contributed by atoms with Gasteiger partial charge < -0.3 is 10.2 Å². The lowest BCUT2D eigenvalue weighted by atomic mass is 9.89. The molecule has 2 aliphatic carbocycles. The zero-order chi connectivity index (χ0) is 18.1. The highest BCUT2D eigenvalue weighted by Gasteiger charge is 2.56. The summed E-state index contributed by atoms with van der Waals surface area (Å²) < 4.78 is 93.7. The summed E-state index contributed by atoms with van der Waals surface area (Å²) in [5.41, 5.74) is -3.18. The van der Waals surface area contributed by atoms with E-state index in [9.17, 15) is 40.9 Å². The summed E-state index contributed by atoms with van der Waals surface area (Å²) in [4.78, 5) is 0. The Morgan fingerprint density at radius 1 is 1.08 bits per heavy atom. The lowest BCUT2D eigenvalue weighted by Gasteiger charge is -2.33. The van der Waals surface area contributed by atoms with Gasteiger partial charge in [0.05, 0.1) is 18.2 Å². The van der Waals surface area contributed by atoms with Crippen molar-refractivity contribution in [3.05, 3.63) is 17.0 Å². The second-order valence-corrected chi connectivity index (χ2v) is 6.20. The van der Waals surface area contributed by atoms with Crippen LogP contribution in [-0.2, 0) is 12.6 Å². The van der Waals surface area contributed by atoms with Crippen LogP contribution < -0.4 is 0 Å². The van der Waals surface area contributed by atoms with Crippen molar-refractivity contribution in [3.63, 3.8) is 0 Å². The maximum absolute atomic E-state index is 13.7. The monoisotopic (exact) mass is 362 g/mol. The molecule has 0 radical (unpaired) electrons. The van der Waals surface area contributed by atoms with Crippen molar-refractivity contribution in [2.45, 2.75) is 62.0 Å². The third-order valence-corrected chi connectivity index (χ3v) is 4.54. The molecular formula is C13H13F7N2O2. The van der Waals surface area contributed by atoms with Crippen LogP contribution in [0, 0.1) is 0 Å². The van der Waals surface area contributed by atoms with E-state index in [1.165, 1.54) is 0 Å². The second-order valence-electron chi connectivity index (χ2n) is 6.20. The molecule has 1 aromatic heterocycles. The van der Waals surface area contributed by atoms with Gasteiger partial charge in [0.2, 0.25) is 0 Å². The number of hydrogen-bond donors (Lipinski definition) is 2. The summed E-state index contributed by atoms with van der Waals surface area (Å²) in [6, 6.07) is -1.08. The average molecular weight is 362 g/mol. The minimum absolute atomic E-state index is 0.322. The molecular weight excluding hydrogens is 349 g/mol. The number of aromatic nitrogens is 2. The molecule has 1 aromatic rings. The van der Waals surface area contributed by atoms with Crippen molar-refractivity contribution in [2.75, 3.05) is 0 Å². The van der Waals surface area contributed by atoms with Crippen molar-refractivity contribution in [2.24, 2.45) is 0 Å². The van der Waals surface area contributed by atoms with Gasteiger partial charge in [0.15, 0.2) is 5.69 Å². The Morgan fingerprint density at radius 2 is 1.71 bits per heavy atom. The second kappa shape index (κ2) is 5.07. The van der Waals surface area contributed by atoms with Crippen LogP contribution in [0.15, 0.2) is 0 Å². The van der Waals surface area contributed by atoms with E-state index in [0.29, 0.717) is 4.68 Å². The Morgan fingerprint density at radius 3 is 2.25 bits per heavy atom. The number of alkyl halides is 7. The van der Waals surface area contributed by atoms with Crippen LogP contribution in [0.4, 0.5) is 30.7 Å². The SMILES string of the molecule is O[C@@H]1C[C@@H](n2nc(C(F)(F)F)c3c2CC(F)(F)[C@H]3O)CCC1(F)F. The minimum atomic E-state index is -5.08. The molecule has 0 spiro atoms. The smallest absolute Gasteiger partial charge is 0.387 e. The van der Waals surface area contributed by atoms with E-state index in [1.807, 2.05) is 0 Å². The molecule has 11 heteroatoms. The van der Waals surface area contributed by atoms with Gasteiger partial charge in [-0.05, 0) is 6.42 Å². The maximum Gasteiger partial charge on any atom is 0.435 e. The summed E-state index contributed by atoms with van der Waals surface area (Å²) in [6.07, 6.45) is -12.7. The molecule has 3 rings (SSSR count). The summed E-state index contributed by atoms with van der Waals surface area (Å²) in [5, 5.41) is 22.2. The number of hydrogen-bond acceptors (Lipinski definition) is 3. The van der Waals surface area contributed by atoms with Crippen LogP contribution in [0.25, 0.3) is 0 Å². The van der Waals surface area contributed by atoms with Gasteiger partial charge >= 0.3 is 6.18 Å². The van der Waals surface area contributed by atoms with E-state index >= 15 is 0 Å². The first-order valence-electron chi connectivity index (χ1n) is 7.15. The van der Waals surface area contributed by atoms with Crippen molar-refractivity contribution in [1.82, 2.24) is 9.78 Å². The number of rotatable bonds is 1. The Labute approximate surface area is 130 Å². The van der Waals surface area contributed by atoms with Crippen LogP contribution in [0.1, 0.15) is 48.4 Å². The maximum atomic E-state index is 13.7. The van der Waals surface area contributed by atoms with Crippen LogP contribution >= 0.6 is 0 Å².